The Labute approximate surface area is 197 Å². The molecule has 0 saturated heterocycles. The molecule has 0 aliphatic heterocycles. The van der Waals surface area contributed by atoms with Crippen LogP contribution in [0.1, 0.15) is 59.1 Å². The highest BCUT2D eigenvalue weighted by Crippen LogP contribution is 2.24. The topological polar surface area (TPSA) is 58.6 Å². The molecular weight excluding hydrogens is 424 g/mol. The molecule has 0 unspecified atom stereocenters. The number of hydrogen-bond donors (Lipinski definition) is 1. The highest BCUT2D eigenvalue weighted by atomic mass is 35.5. The number of ether oxygens (including phenoxy) is 1. The highest BCUT2D eigenvalue weighted by molar-refractivity contribution is 6.30. The SMILES string of the molecule is CC[C@@H](C(=O)NC(C)C)N(Cc1ccc(Cl)cc1)C(=O)COc1ccc(C(C)(C)C)cc1. The molecule has 0 fully saturated rings. The van der Waals surface area contributed by atoms with Crippen LogP contribution in [0.5, 0.6) is 5.75 Å². The van der Waals surface area contributed by atoms with E-state index in [1.807, 2.05) is 57.2 Å². The second kappa shape index (κ2) is 11.4. The molecule has 0 bridgehead atoms. The van der Waals surface area contributed by atoms with Crippen molar-refractivity contribution >= 4 is 23.4 Å². The van der Waals surface area contributed by atoms with Crippen LogP contribution in [-0.2, 0) is 21.5 Å². The molecule has 2 aromatic rings. The van der Waals surface area contributed by atoms with Crippen LogP contribution in [0.3, 0.4) is 0 Å². The Kier molecular flexibility index (Phi) is 9.14. The number of hydrogen-bond acceptors (Lipinski definition) is 3. The van der Waals surface area contributed by atoms with Gasteiger partial charge in [-0.2, -0.15) is 0 Å². The monoisotopic (exact) mass is 458 g/mol. The van der Waals surface area contributed by atoms with E-state index in [2.05, 4.69) is 26.1 Å². The molecule has 0 aromatic heterocycles. The number of amides is 2. The van der Waals surface area contributed by atoms with Gasteiger partial charge < -0.3 is 15.0 Å². The molecule has 0 aliphatic rings. The molecule has 1 atom stereocenters. The third-order valence-electron chi connectivity index (χ3n) is 5.17. The van der Waals surface area contributed by atoms with Crippen LogP contribution in [0, 0.1) is 0 Å². The molecule has 1 N–H and O–H groups in total. The van der Waals surface area contributed by atoms with Crippen molar-refractivity contribution in [3.8, 4) is 5.75 Å². The lowest BCUT2D eigenvalue weighted by atomic mass is 9.87. The second-order valence-corrected chi connectivity index (χ2v) is 9.73. The maximum atomic E-state index is 13.2. The van der Waals surface area contributed by atoms with Crippen molar-refractivity contribution in [2.45, 2.75) is 72.0 Å². The lowest BCUT2D eigenvalue weighted by Crippen LogP contribution is -2.51. The molecule has 0 radical (unpaired) electrons. The van der Waals surface area contributed by atoms with Gasteiger partial charge in [-0.05, 0) is 61.1 Å². The minimum Gasteiger partial charge on any atom is -0.484 e. The van der Waals surface area contributed by atoms with E-state index in [-0.39, 0.29) is 29.9 Å². The smallest absolute Gasteiger partial charge is 0.261 e. The summed E-state index contributed by atoms with van der Waals surface area (Å²) in [7, 11) is 0. The molecule has 32 heavy (non-hydrogen) atoms. The van der Waals surface area contributed by atoms with Crippen LogP contribution in [0.25, 0.3) is 0 Å². The van der Waals surface area contributed by atoms with Gasteiger partial charge in [-0.1, -0.05) is 63.6 Å². The quantitative estimate of drug-likeness (QED) is 0.551. The average molecular weight is 459 g/mol. The summed E-state index contributed by atoms with van der Waals surface area (Å²) in [6.45, 7) is 12.3. The second-order valence-electron chi connectivity index (χ2n) is 9.30. The van der Waals surface area contributed by atoms with Gasteiger partial charge in [0.1, 0.15) is 11.8 Å². The number of benzene rings is 2. The fourth-order valence-electron chi connectivity index (χ4n) is 3.37. The third kappa shape index (κ3) is 7.56. The van der Waals surface area contributed by atoms with Crippen LogP contribution in [0.2, 0.25) is 5.02 Å². The lowest BCUT2D eigenvalue weighted by Gasteiger charge is -2.31. The summed E-state index contributed by atoms with van der Waals surface area (Å²) in [4.78, 5) is 27.6. The maximum Gasteiger partial charge on any atom is 0.261 e. The Morgan fingerprint density at radius 3 is 2.12 bits per heavy atom. The van der Waals surface area contributed by atoms with Crippen molar-refractivity contribution in [2.24, 2.45) is 0 Å². The van der Waals surface area contributed by atoms with Crippen molar-refractivity contribution < 1.29 is 14.3 Å². The van der Waals surface area contributed by atoms with Gasteiger partial charge in [0.25, 0.3) is 5.91 Å². The van der Waals surface area contributed by atoms with Crippen molar-refractivity contribution in [2.75, 3.05) is 6.61 Å². The standard InChI is InChI=1S/C26H35ClN2O3/c1-7-23(25(31)28-18(2)3)29(16-19-8-12-21(27)13-9-19)24(30)17-32-22-14-10-20(11-15-22)26(4,5)6/h8-15,18,23H,7,16-17H2,1-6H3,(H,28,31)/t23-/m0/s1. The molecule has 0 spiro atoms. The van der Waals surface area contributed by atoms with Gasteiger partial charge in [-0.3, -0.25) is 9.59 Å². The Morgan fingerprint density at radius 1 is 1.03 bits per heavy atom. The van der Waals surface area contributed by atoms with Crippen molar-refractivity contribution in [3.05, 3.63) is 64.7 Å². The van der Waals surface area contributed by atoms with Crippen LogP contribution in [-0.4, -0.2) is 35.4 Å². The summed E-state index contributed by atoms with van der Waals surface area (Å²) in [5.41, 5.74) is 2.13. The molecule has 5 nitrogen and oxygen atoms in total. The Morgan fingerprint density at radius 2 is 1.62 bits per heavy atom. The zero-order valence-corrected chi connectivity index (χ0v) is 20.7. The first kappa shape index (κ1) is 25.7. The number of carbonyl (C=O) groups is 2. The van der Waals surface area contributed by atoms with Gasteiger partial charge in [-0.25, -0.2) is 0 Å². The lowest BCUT2D eigenvalue weighted by molar-refractivity contribution is -0.143. The molecule has 2 rings (SSSR count). The van der Waals surface area contributed by atoms with Crippen LogP contribution in [0.15, 0.2) is 48.5 Å². The number of halogens is 1. The molecule has 0 saturated carbocycles. The molecule has 174 valence electrons. The fraction of sp³-hybridized carbons (Fsp3) is 0.462. The van der Waals surface area contributed by atoms with E-state index < -0.39 is 6.04 Å². The highest BCUT2D eigenvalue weighted by Gasteiger charge is 2.29. The van der Waals surface area contributed by atoms with Gasteiger partial charge in [0.2, 0.25) is 5.91 Å². The van der Waals surface area contributed by atoms with E-state index in [0.29, 0.717) is 23.7 Å². The predicted octanol–water partition coefficient (Wildman–Crippen LogP) is 5.35. The molecule has 0 aliphatic carbocycles. The first-order valence-electron chi connectivity index (χ1n) is 11.1. The summed E-state index contributed by atoms with van der Waals surface area (Å²) in [5, 5.41) is 3.55. The molecule has 0 heterocycles. The van der Waals surface area contributed by atoms with Gasteiger partial charge in [0.15, 0.2) is 6.61 Å². The first-order chi connectivity index (χ1) is 15.0. The van der Waals surface area contributed by atoms with Crippen LogP contribution in [0.4, 0.5) is 0 Å². The Hall–Kier alpha value is -2.53. The summed E-state index contributed by atoms with van der Waals surface area (Å²) in [6, 6.07) is 14.5. The number of rotatable bonds is 9. The fourth-order valence-corrected chi connectivity index (χ4v) is 3.49. The average Bonchev–Trinajstić information content (AvgIpc) is 2.72. The zero-order valence-electron chi connectivity index (χ0n) is 19.9. The van der Waals surface area contributed by atoms with E-state index in [4.69, 9.17) is 16.3 Å². The first-order valence-corrected chi connectivity index (χ1v) is 11.5. The minimum atomic E-state index is -0.590. The maximum absolute atomic E-state index is 13.2. The Balaban J connectivity index is 2.18. The summed E-state index contributed by atoms with van der Waals surface area (Å²) in [6.07, 6.45) is 0.498. The van der Waals surface area contributed by atoms with Crippen LogP contribution >= 0.6 is 11.6 Å². The van der Waals surface area contributed by atoms with E-state index in [9.17, 15) is 9.59 Å². The van der Waals surface area contributed by atoms with Crippen LogP contribution < -0.4 is 10.1 Å². The van der Waals surface area contributed by atoms with E-state index in [0.717, 1.165) is 5.56 Å². The molecule has 2 aromatic carbocycles. The zero-order chi connectivity index (χ0) is 23.9. The summed E-state index contributed by atoms with van der Waals surface area (Å²) < 4.78 is 5.78. The van der Waals surface area contributed by atoms with E-state index in [1.54, 1.807) is 17.0 Å². The normalized spacial score (nSPS) is 12.4. The van der Waals surface area contributed by atoms with Crippen molar-refractivity contribution in [3.63, 3.8) is 0 Å². The van der Waals surface area contributed by atoms with Crippen molar-refractivity contribution in [1.82, 2.24) is 10.2 Å². The summed E-state index contributed by atoms with van der Waals surface area (Å²) >= 11 is 6.00. The summed E-state index contributed by atoms with van der Waals surface area (Å²) in [5.74, 6) is 0.211. The van der Waals surface area contributed by atoms with Crippen molar-refractivity contribution in [1.29, 1.82) is 0 Å². The van der Waals surface area contributed by atoms with Gasteiger partial charge in [0, 0.05) is 17.6 Å². The molecular formula is C26H35ClN2O3. The Bertz CT molecular complexity index is 887. The van der Waals surface area contributed by atoms with Gasteiger partial charge in [0.05, 0.1) is 0 Å². The number of carbonyl (C=O) groups excluding carboxylic acids is 2. The third-order valence-corrected chi connectivity index (χ3v) is 5.42. The largest absolute Gasteiger partial charge is 0.484 e. The number of nitrogens with one attached hydrogen (secondary N) is 1. The van der Waals surface area contributed by atoms with Gasteiger partial charge in [-0.15, -0.1) is 0 Å². The number of nitrogens with zero attached hydrogens (tertiary/aromatic N) is 1. The van der Waals surface area contributed by atoms with Gasteiger partial charge >= 0.3 is 0 Å². The minimum absolute atomic E-state index is 0.0124. The van der Waals surface area contributed by atoms with E-state index >= 15 is 0 Å². The van der Waals surface area contributed by atoms with E-state index in [1.165, 1.54) is 5.56 Å². The molecule has 2 amide bonds. The molecule has 6 heteroatoms. The predicted molar refractivity (Wildman–Crippen MR) is 130 cm³/mol.